The lowest BCUT2D eigenvalue weighted by atomic mass is 9.84. The van der Waals surface area contributed by atoms with E-state index in [0.717, 1.165) is 63.0 Å². The molecule has 220 valence electrons. The highest BCUT2D eigenvalue weighted by Crippen LogP contribution is 2.38. The molecule has 1 atom stereocenters. The van der Waals surface area contributed by atoms with Crippen LogP contribution >= 0.6 is 0 Å². The van der Waals surface area contributed by atoms with Crippen LogP contribution in [0.1, 0.15) is 81.3 Å². The van der Waals surface area contributed by atoms with Crippen molar-refractivity contribution in [3.63, 3.8) is 0 Å². The van der Waals surface area contributed by atoms with Gasteiger partial charge in [-0.15, -0.1) is 0 Å². The molecule has 1 unspecified atom stereocenters. The zero-order chi connectivity index (χ0) is 29.3. The fourth-order valence-corrected chi connectivity index (χ4v) is 6.56. The van der Waals surface area contributed by atoms with Gasteiger partial charge >= 0.3 is 0 Å². The lowest BCUT2D eigenvalue weighted by Crippen LogP contribution is -2.44. The molecule has 2 aromatic carbocycles. The number of carbonyl (C=O) groups is 2. The van der Waals surface area contributed by atoms with Gasteiger partial charge in [-0.3, -0.25) is 14.5 Å². The number of benzene rings is 2. The van der Waals surface area contributed by atoms with Crippen LogP contribution in [-0.2, 0) is 17.8 Å². The van der Waals surface area contributed by atoms with Gasteiger partial charge in [0.05, 0.1) is 5.60 Å². The van der Waals surface area contributed by atoms with Gasteiger partial charge in [0.2, 0.25) is 5.91 Å². The summed E-state index contributed by atoms with van der Waals surface area (Å²) in [6, 6.07) is 12.3. The number of aliphatic imine (C=N–C) groups is 1. The Morgan fingerprint density at radius 2 is 1.78 bits per heavy atom. The van der Waals surface area contributed by atoms with Crippen LogP contribution in [0.5, 0.6) is 0 Å². The van der Waals surface area contributed by atoms with E-state index in [-0.39, 0.29) is 41.6 Å². The SMILES string of the molecule is CC(C)NC(=O)C1CCC(N2C(=NC(=O)c3ccc(F)cc3)Cc3ccc(CN4CCC(C(C)(C)O)C4)cc32)CC1. The maximum atomic E-state index is 13.5. The second-order valence-corrected chi connectivity index (χ2v) is 12.9. The van der Waals surface area contributed by atoms with E-state index >= 15 is 0 Å². The van der Waals surface area contributed by atoms with Gasteiger partial charge < -0.3 is 15.3 Å². The number of nitrogens with zero attached hydrogens (tertiary/aromatic N) is 3. The van der Waals surface area contributed by atoms with Gasteiger partial charge in [0.25, 0.3) is 5.91 Å². The highest BCUT2D eigenvalue weighted by molar-refractivity contribution is 6.12. The Labute approximate surface area is 242 Å². The van der Waals surface area contributed by atoms with Crippen LogP contribution in [0.25, 0.3) is 0 Å². The number of amides is 2. The van der Waals surface area contributed by atoms with Crippen molar-refractivity contribution in [3.05, 3.63) is 65.0 Å². The molecule has 2 aromatic rings. The number of rotatable bonds is 7. The standard InChI is InChI=1S/C33H43FN4O3/c1-21(2)35-31(39)24-9-13-28(14-10-24)38-29-17-22(19-37-16-15-26(20-37)33(3,4)41)5-6-25(29)18-30(38)36-32(40)23-7-11-27(34)12-8-23/h5-8,11-12,17,21,24,26,28,41H,9-10,13-16,18-20H2,1-4H3,(H,35,39). The molecule has 1 aliphatic carbocycles. The summed E-state index contributed by atoms with van der Waals surface area (Å²) in [5.74, 6) is 0.331. The van der Waals surface area contributed by atoms with Gasteiger partial charge in [-0.2, -0.15) is 4.99 Å². The van der Waals surface area contributed by atoms with Crippen molar-refractivity contribution < 1.29 is 19.1 Å². The molecule has 2 aliphatic heterocycles. The minimum atomic E-state index is -0.684. The Kier molecular flexibility index (Phi) is 8.62. The summed E-state index contributed by atoms with van der Waals surface area (Å²) in [7, 11) is 0. The van der Waals surface area contributed by atoms with Gasteiger partial charge in [0.15, 0.2) is 0 Å². The van der Waals surface area contributed by atoms with Gasteiger partial charge in [-0.05, 0) is 108 Å². The number of hydrogen-bond donors (Lipinski definition) is 2. The zero-order valence-electron chi connectivity index (χ0n) is 24.7. The lowest BCUT2D eigenvalue weighted by molar-refractivity contribution is -0.126. The number of nitrogens with one attached hydrogen (secondary N) is 1. The second kappa shape index (κ2) is 12.0. The highest BCUT2D eigenvalue weighted by atomic mass is 19.1. The molecule has 2 amide bonds. The van der Waals surface area contributed by atoms with E-state index in [9.17, 15) is 19.1 Å². The van der Waals surface area contributed by atoms with Crippen molar-refractivity contribution in [1.82, 2.24) is 10.2 Å². The van der Waals surface area contributed by atoms with E-state index in [0.29, 0.717) is 17.8 Å². The molecule has 2 heterocycles. The van der Waals surface area contributed by atoms with E-state index in [1.807, 2.05) is 27.7 Å². The van der Waals surface area contributed by atoms with Crippen molar-refractivity contribution in [3.8, 4) is 0 Å². The molecule has 5 rings (SSSR count). The molecule has 2 N–H and O–H groups in total. The molecule has 2 fully saturated rings. The van der Waals surface area contributed by atoms with E-state index in [1.165, 1.54) is 29.8 Å². The van der Waals surface area contributed by atoms with E-state index in [1.54, 1.807) is 0 Å². The maximum absolute atomic E-state index is 13.5. The summed E-state index contributed by atoms with van der Waals surface area (Å²) in [4.78, 5) is 35.0. The van der Waals surface area contributed by atoms with Crippen molar-refractivity contribution in [2.24, 2.45) is 16.8 Å². The quantitative estimate of drug-likeness (QED) is 0.490. The fourth-order valence-electron chi connectivity index (χ4n) is 6.56. The third kappa shape index (κ3) is 6.87. The average Bonchev–Trinajstić information content (AvgIpc) is 3.53. The molecule has 0 bridgehead atoms. The molecular formula is C33H43FN4O3. The first-order valence-corrected chi connectivity index (χ1v) is 15.0. The fraction of sp³-hybridized carbons (Fsp3) is 0.545. The number of aliphatic hydroxyl groups is 1. The number of carbonyl (C=O) groups excluding carboxylic acids is 2. The van der Waals surface area contributed by atoms with Gasteiger partial charge in [-0.1, -0.05) is 12.1 Å². The summed E-state index contributed by atoms with van der Waals surface area (Å²) < 4.78 is 13.5. The third-order valence-electron chi connectivity index (χ3n) is 8.90. The van der Waals surface area contributed by atoms with Crippen LogP contribution in [0.4, 0.5) is 10.1 Å². The number of halogens is 1. The largest absolute Gasteiger partial charge is 0.390 e. The summed E-state index contributed by atoms with van der Waals surface area (Å²) in [5.41, 5.74) is 3.09. The zero-order valence-corrected chi connectivity index (χ0v) is 24.7. The first-order valence-electron chi connectivity index (χ1n) is 15.0. The minimum absolute atomic E-state index is 0.00202. The molecule has 7 nitrogen and oxygen atoms in total. The molecule has 41 heavy (non-hydrogen) atoms. The number of likely N-dealkylation sites (tertiary alicyclic amines) is 1. The van der Waals surface area contributed by atoms with Crippen LogP contribution < -0.4 is 10.2 Å². The summed E-state index contributed by atoms with van der Waals surface area (Å²) in [5, 5.41) is 13.5. The van der Waals surface area contributed by atoms with Crippen molar-refractivity contribution in [1.29, 1.82) is 0 Å². The number of hydrogen-bond acceptors (Lipinski definition) is 4. The predicted octanol–water partition coefficient (Wildman–Crippen LogP) is 5.10. The minimum Gasteiger partial charge on any atom is -0.390 e. The van der Waals surface area contributed by atoms with Crippen molar-refractivity contribution in [2.45, 2.75) is 90.4 Å². The number of anilines is 1. The first-order chi connectivity index (χ1) is 19.5. The molecule has 8 heteroatoms. The van der Waals surface area contributed by atoms with Gasteiger partial charge in [0, 0.05) is 54.7 Å². The Morgan fingerprint density at radius 3 is 2.41 bits per heavy atom. The number of amidine groups is 1. The van der Waals surface area contributed by atoms with Gasteiger partial charge in [-0.25, -0.2) is 4.39 Å². The van der Waals surface area contributed by atoms with Gasteiger partial charge in [0.1, 0.15) is 11.7 Å². The summed E-state index contributed by atoms with van der Waals surface area (Å²) >= 11 is 0. The molecule has 0 spiro atoms. The Bertz CT molecular complexity index is 1290. The van der Waals surface area contributed by atoms with E-state index < -0.39 is 5.60 Å². The van der Waals surface area contributed by atoms with Crippen molar-refractivity contribution >= 4 is 23.3 Å². The van der Waals surface area contributed by atoms with Crippen LogP contribution in [0, 0.1) is 17.7 Å². The van der Waals surface area contributed by atoms with E-state index in [2.05, 4.69) is 38.3 Å². The number of fused-ring (bicyclic) bond motifs is 1. The molecule has 0 aromatic heterocycles. The smallest absolute Gasteiger partial charge is 0.278 e. The summed E-state index contributed by atoms with van der Waals surface area (Å²) in [6.07, 6.45) is 4.80. The third-order valence-corrected chi connectivity index (χ3v) is 8.90. The Hall–Kier alpha value is -3.10. The molecule has 3 aliphatic rings. The average molecular weight is 563 g/mol. The lowest BCUT2D eigenvalue weighted by Gasteiger charge is -2.36. The first kappa shape index (κ1) is 29.4. The Morgan fingerprint density at radius 1 is 1.07 bits per heavy atom. The van der Waals surface area contributed by atoms with Crippen LogP contribution in [-0.4, -0.2) is 58.4 Å². The molecule has 1 saturated carbocycles. The van der Waals surface area contributed by atoms with E-state index in [4.69, 9.17) is 0 Å². The molecular weight excluding hydrogens is 519 g/mol. The van der Waals surface area contributed by atoms with Crippen LogP contribution in [0.3, 0.4) is 0 Å². The maximum Gasteiger partial charge on any atom is 0.278 e. The molecule has 1 saturated heterocycles. The second-order valence-electron chi connectivity index (χ2n) is 12.9. The normalized spacial score (nSPS) is 24.2. The molecule has 0 radical (unpaired) electrons. The topological polar surface area (TPSA) is 85.2 Å². The van der Waals surface area contributed by atoms with Crippen molar-refractivity contribution in [2.75, 3.05) is 18.0 Å². The highest BCUT2D eigenvalue weighted by Gasteiger charge is 2.37. The van der Waals surface area contributed by atoms with Crippen LogP contribution in [0.2, 0.25) is 0 Å². The monoisotopic (exact) mass is 562 g/mol. The summed E-state index contributed by atoms with van der Waals surface area (Å²) in [6.45, 7) is 10.4. The van der Waals surface area contributed by atoms with Crippen LogP contribution in [0.15, 0.2) is 47.5 Å². The Balaban J connectivity index is 1.38. The predicted molar refractivity (Wildman–Crippen MR) is 159 cm³/mol.